The predicted molar refractivity (Wildman–Crippen MR) is 81.1 cm³/mol. The van der Waals surface area contributed by atoms with E-state index in [1.165, 1.54) is 5.94 Å². The minimum Gasteiger partial charge on any atom is -0.458 e. The maximum absolute atomic E-state index is 11.6. The Bertz CT molecular complexity index is 445. The van der Waals surface area contributed by atoms with Crippen LogP contribution in [-0.2, 0) is 23.8 Å². The molecule has 0 aromatic rings. The van der Waals surface area contributed by atoms with Crippen molar-refractivity contribution in [2.75, 3.05) is 26.3 Å². The molecule has 0 aromatic heterocycles. The summed E-state index contributed by atoms with van der Waals surface area (Å²) < 4.78 is 15.4. The van der Waals surface area contributed by atoms with Gasteiger partial charge in [-0.3, -0.25) is 5.43 Å². The largest absolute Gasteiger partial charge is 0.458 e. The van der Waals surface area contributed by atoms with Crippen molar-refractivity contribution in [1.82, 2.24) is 10.4 Å². The zero-order valence-electron chi connectivity index (χ0n) is 13.8. The van der Waals surface area contributed by atoms with Gasteiger partial charge in [-0.2, -0.15) is 0 Å². The molecule has 8 nitrogen and oxygen atoms in total. The molecule has 0 spiro atoms. The lowest BCUT2D eigenvalue weighted by Crippen LogP contribution is -2.48. The third-order valence-electron chi connectivity index (χ3n) is 2.93. The fraction of sp³-hybridized carbons (Fsp3) is 0.733. The number of piperidine rings is 1. The van der Waals surface area contributed by atoms with Gasteiger partial charge in [0.15, 0.2) is 0 Å². The van der Waals surface area contributed by atoms with Crippen molar-refractivity contribution in [3.8, 4) is 0 Å². The third-order valence-corrected chi connectivity index (χ3v) is 2.93. The van der Waals surface area contributed by atoms with Crippen LogP contribution < -0.4 is 5.43 Å². The molecule has 0 bridgehead atoms. The number of nitrogens with zero attached hydrogens (tertiary/aromatic N) is 1. The van der Waals surface area contributed by atoms with Gasteiger partial charge in [0.25, 0.3) is 0 Å². The molecule has 1 rings (SSSR count). The molecule has 1 aliphatic heterocycles. The average Bonchev–Trinajstić information content (AvgIpc) is 2.45. The summed E-state index contributed by atoms with van der Waals surface area (Å²) in [5, 5.41) is 1.71. The molecule has 0 radical (unpaired) electrons. The number of rotatable bonds is 6. The highest BCUT2D eigenvalue weighted by molar-refractivity contribution is 5.71. The summed E-state index contributed by atoms with van der Waals surface area (Å²) in [7, 11) is 0. The van der Waals surface area contributed by atoms with E-state index in [0.29, 0.717) is 25.9 Å². The van der Waals surface area contributed by atoms with Crippen LogP contribution in [0.3, 0.4) is 0 Å². The summed E-state index contributed by atoms with van der Waals surface area (Å²) >= 11 is 0. The molecule has 23 heavy (non-hydrogen) atoms. The molecular weight excluding hydrogens is 304 g/mol. The second-order valence-electron chi connectivity index (χ2n) is 6.12. The lowest BCUT2D eigenvalue weighted by Gasteiger charge is -2.31. The Kier molecular flexibility index (Phi) is 7.74. The maximum atomic E-state index is 11.6. The molecule has 1 fully saturated rings. The minimum absolute atomic E-state index is 0.0467. The first kappa shape index (κ1) is 19.2. The van der Waals surface area contributed by atoms with Gasteiger partial charge in [-0.25, -0.2) is 19.4 Å². The van der Waals surface area contributed by atoms with Gasteiger partial charge in [-0.15, -0.1) is 0 Å². The summed E-state index contributed by atoms with van der Waals surface area (Å²) in [4.78, 5) is 32.9. The van der Waals surface area contributed by atoms with Crippen LogP contribution >= 0.6 is 0 Å². The highest BCUT2D eigenvalue weighted by Crippen LogP contribution is 2.13. The number of hydrazine groups is 1. The van der Waals surface area contributed by atoms with Crippen LogP contribution in [0.25, 0.3) is 0 Å². The average molecular weight is 328 g/mol. The Hall–Kier alpha value is -1.89. The number of ether oxygens (including phenoxy) is 3. The molecule has 1 N–H and O–H groups in total. The molecule has 130 valence electrons. The molecule has 1 amide bonds. The lowest BCUT2D eigenvalue weighted by atomic mass is 10.1. The fourth-order valence-corrected chi connectivity index (χ4v) is 2.00. The van der Waals surface area contributed by atoms with Gasteiger partial charge in [-0.05, 0) is 33.6 Å². The van der Waals surface area contributed by atoms with Crippen LogP contribution in [0.5, 0.6) is 0 Å². The van der Waals surface area contributed by atoms with Gasteiger partial charge < -0.3 is 14.2 Å². The summed E-state index contributed by atoms with van der Waals surface area (Å²) in [5.74, 6) is 1.14. The Labute approximate surface area is 135 Å². The molecule has 0 atom stereocenters. The van der Waals surface area contributed by atoms with Crippen molar-refractivity contribution in [1.29, 1.82) is 0 Å². The molecule has 1 aliphatic rings. The van der Waals surface area contributed by atoms with Gasteiger partial charge in [0.1, 0.15) is 24.8 Å². The number of amides is 1. The van der Waals surface area contributed by atoms with Crippen molar-refractivity contribution >= 4 is 18.0 Å². The Morgan fingerprint density at radius 3 is 2.52 bits per heavy atom. The van der Waals surface area contributed by atoms with Crippen LogP contribution in [0.4, 0.5) is 4.79 Å². The van der Waals surface area contributed by atoms with Crippen molar-refractivity contribution in [3.05, 3.63) is 6.08 Å². The van der Waals surface area contributed by atoms with Crippen LogP contribution in [-0.4, -0.2) is 61.0 Å². The molecule has 1 saturated heterocycles. The number of carbonyl (C=O) groups excluding carboxylic acids is 3. The molecule has 0 aliphatic carbocycles. The first-order valence-corrected chi connectivity index (χ1v) is 7.51. The molecule has 0 aromatic carbocycles. The van der Waals surface area contributed by atoms with Crippen molar-refractivity contribution in [2.45, 2.75) is 45.3 Å². The predicted octanol–water partition coefficient (Wildman–Crippen LogP) is 0.838. The van der Waals surface area contributed by atoms with Crippen LogP contribution in [0.2, 0.25) is 0 Å². The van der Waals surface area contributed by atoms with E-state index < -0.39 is 11.7 Å². The van der Waals surface area contributed by atoms with E-state index >= 15 is 0 Å². The van der Waals surface area contributed by atoms with E-state index in [2.05, 4.69) is 5.43 Å². The first-order valence-electron chi connectivity index (χ1n) is 7.51. The van der Waals surface area contributed by atoms with Gasteiger partial charge in [0.2, 0.25) is 0 Å². The fourth-order valence-electron chi connectivity index (χ4n) is 2.00. The van der Waals surface area contributed by atoms with Gasteiger partial charge >= 0.3 is 12.1 Å². The van der Waals surface area contributed by atoms with E-state index in [0.717, 1.165) is 6.08 Å². The van der Waals surface area contributed by atoms with Crippen molar-refractivity contribution in [3.63, 3.8) is 0 Å². The molecule has 0 unspecified atom stereocenters. The van der Waals surface area contributed by atoms with E-state index in [1.807, 2.05) is 0 Å². The van der Waals surface area contributed by atoms with E-state index in [1.54, 1.807) is 25.8 Å². The number of esters is 1. The molecular formula is C15H24N2O6. The zero-order valence-corrected chi connectivity index (χ0v) is 13.8. The standard InChI is InChI=1S/C15H24N2O6/c1-15(2,3)23-13(19)11-22-12-5-7-17(8-6-12)16-14(20)21-10-4-9-18/h4,12H,5-8,10-11H2,1-3H3,(H,16,20). The molecule has 1 heterocycles. The Morgan fingerprint density at radius 1 is 1.30 bits per heavy atom. The smallest absolute Gasteiger partial charge is 0.422 e. The van der Waals surface area contributed by atoms with Gasteiger partial charge in [0, 0.05) is 19.2 Å². The Balaban J connectivity index is 2.19. The number of hydrogen-bond donors (Lipinski definition) is 1. The maximum Gasteiger partial charge on any atom is 0.422 e. The SMILES string of the molecule is CC(C)(C)OC(=O)COC1CCN(NC(=O)OCC=C=O)CC1. The number of carbonyl (C=O) groups is 2. The second-order valence-corrected chi connectivity index (χ2v) is 6.12. The second kappa shape index (κ2) is 9.29. The highest BCUT2D eigenvalue weighted by Gasteiger charge is 2.23. The first-order chi connectivity index (χ1) is 10.8. The normalized spacial score (nSPS) is 16.3. The van der Waals surface area contributed by atoms with E-state index in [-0.39, 0.29) is 25.3 Å². The minimum atomic E-state index is -0.621. The lowest BCUT2D eigenvalue weighted by molar-refractivity contribution is -0.163. The van der Waals surface area contributed by atoms with Gasteiger partial charge in [-0.1, -0.05) is 0 Å². The topological polar surface area (TPSA) is 94.2 Å². The van der Waals surface area contributed by atoms with Crippen molar-refractivity contribution < 1.29 is 28.6 Å². The van der Waals surface area contributed by atoms with Crippen LogP contribution in [0.1, 0.15) is 33.6 Å². The monoisotopic (exact) mass is 328 g/mol. The van der Waals surface area contributed by atoms with Gasteiger partial charge in [0.05, 0.1) is 6.10 Å². The third kappa shape index (κ3) is 8.97. The van der Waals surface area contributed by atoms with Crippen LogP contribution in [0.15, 0.2) is 6.08 Å². The number of hydrogen-bond acceptors (Lipinski definition) is 7. The summed E-state index contributed by atoms with van der Waals surface area (Å²) in [6.07, 6.45) is 1.77. The molecule has 8 heteroatoms. The van der Waals surface area contributed by atoms with Crippen molar-refractivity contribution in [2.24, 2.45) is 0 Å². The quantitative estimate of drug-likeness (QED) is 0.570. The van der Waals surface area contributed by atoms with E-state index in [9.17, 15) is 14.4 Å². The summed E-state index contributed by atoms with van der Waals surface area (Å²) in [6.45, 7) is 6.40. The number of nitrogens with one attached hydrogen (secondary N) is 1. The summed E-state index contributed by atoms with van der Waals surface area (Å²) in [5.41, 5.74) is 2.05. The van der Waals surface area contributed by atoms with E-state index in [4.69, 9.17) is 14.2 Å². The molecule has 0 saturated carbocycles. The zero-order chi connectivity index (χ0) is 17.3. The Morgan fingerprint density at radius 2 is 1.96 bits per heavy atom. The van der Waals surface area contributed by atoms with Crippen LogP contribution in [0, 0.1) is 0 Å². The highest BCUT2D eigenvalue weighted by atomic mass is 16.6. The summed E-state index contributed by atoms with van der Waals surface area (Å²) in [6, 6.07) is 0.